The van der Waals surface area contributed by atoms with Gasteiger partial charge < -0.3 is 5.32 Å². The minimum Gasteiger partial charge on any atom is -0.324 e. The molecule has 104 valence electrons. The molecule has 0 aliphatic carbocycles. The summed E-state index contributed by atoms with van der Waals surface area (Å²) in [7, 11) is 0. The molecule has 0 atom stereocenters. The van der Waals surface area contributed by atoms with Gasteiger partial charge in [0.2, 0.25) is 5.91 Å². The fourth-order valence-electron chi connectivity index (χ4n) is 1.75. The van der Waals surface area contributed by atoms with E-state index in [1.807, 2.05) is 0 Å². The zero-order chi connectivity index (χ0) is 14.5. The first kappa shape index (κ1) is 14.7. The number of amides is 1. The highest BCUT2D eigenvalue weighted by atomic mass is 79.9. The van der Waals surface area contributed by atoms with Crippen LogP contribution in [0.2, 0.25) is 0 Å². The van der Waals surface area contributed by atoms with Crippen LogP contribution in [-0.4, -0.2) is 5.91 Å². The van der Waals surface area contributed by atoms with Gasteiger partial charge in [-0.15, -0.1) is 0 Å². The van der Waals surface area contributed by atoms with Gasteiger partial charge >= 0.3 is 0 Å². The van der Waals surface area contributed by atoms with Crippen LogP contribution in [0.5, 0.6) is 0 Å². The van der Waals surface area contributed by atoms with Crippen molar-refractivity contribution in [1.29, 1.82) is 0 Å². The van der Waals surface area contributed by atoms with Gasteiger partial charge in [-0.05, 0) is 42.3 Å². The molecule has 0 radical (unpaired) electrons. The zero-order valence-electron chi connectivity index (χ0n) is 10.5. The third-order valence-corrected chi connectivity index (χ3v) is 3.23. The van der Waals surface area contributed by atoms with E-state index in [2.05, 4.69) is 21.2 Å². The number of carbonyl (C=O) groups is 1. The van der Waals surface area contributed by atoms with Crippen molar-refractivity contribution in [2.24, 2.45) is 0 Å². The van der Waals surface area contributed by atoms with E-state index in [9.17, 15) is 13.6 Å². The standard InChI is InChI=1S/C15H12BrF2NO/c16-11-5-6-14(13(18)9-11)19-15(20)7-4-10-2-1-3-12(17)8-10/h1-3,5-6,8-9H,4,7H2,(H,19,20). The number of nitrogens with one attached hydrogen (secondary N) is 1. The normalized spacial score (nSPS) is 10.3. The van der Waals surface area contributed by atoms with Crippen molar-refractivity contribution in [2.75, 3.05) is 5.32 Å². The predicted octanol–water partition coefficient (Wildman–Crippen LogP) is 4.30. The van der Waals surface area contributed by atoms with Gasteiger partial charge in [-0.25, -0.2) is 8.78 Å². The van der Waals surface area contributed by atoms with E-state index in [-0.39, 0.29) is 23.8 Å². The van der Waals surface area contributed by atoms with Crippen molar-refractivity contribution in [1.82, 2.24) is 0 Å². The lowest BCUT2D eigenvalue weighted by molar-refractivity contribution is -0.116. The molecular formula is C15H12BrF2NO. The number of carbonyl (C=O) groups excluding carboxylic acids is 1. The third-order valence-electron chi connectivity index (χ3n) is 2.73. The van der Waals surface area contributed by atoms with E-state index in [1.54, 1.807) is 18.2 Å². The van der Waals surface area contributed by atoms with Crippen molar-refractivity contribution < 1.29 is 13.6 Å². The maximum atomic E-state index is 13.5. The second kappa shape index (κ2) is 6.61. The topological polar surface area (TPSA) is 29.1 Å². The van der Waals surface area contributed by atoms with Crippen LogP contribution in [-0.2, 0) is 11.2 Å². The minimum atomic E-state index is -0.501. The van der Waals surface area contributed by atoms with E-state index in [4.69, 9.17) is 0 Å². The highest BCUT2D eigenvalue weighted by molar-refractivity contribution is 9.10. The Morgan fingerprint density at radius 1 is 1.15 bits per heavy atom. The van der Waals surface area contributed by atoms with Gasteiger partial charge in [0.05, 0.1) is 5.69 Å². The third kappa shape index (κ3) is 4.13. The second-order valence-corrected chi connectivity index (χ2v) is 5.22. The van der Waals surface area contributed by atoms with Gasteiger partial charge in [-0.3, -0.25) is 4.79 Å². The second-order valence-electron chi connectivity index (χ2n) is 4.30. The summed E-state index contributed by atoms with van der Waals surface area (Å²) in [5.74, 6) is -1.14. The molecule has 1 N–H and O–H groups in total. The molecule has 0 saturated heterocycles. The monoisotopic (exact) mass is 339 g/mol. The number of aryl methyl sites for hydroxylation is 1. The van der Waals surface area contributed by atoms with E-state index in [0.717, 1.165) is 5.56 Å². The maximum absolute atomic E-state index is 13.5. The van der Waals surface area contributed by atoms with Gasteiger partial charge in [0.25, 0.3) is 0 Å². The number of hydrogen-bond donors (Lipinski definition) is 1. The molecule has 2 nitrogen and oxygen atoms in total. The molecule has 0 unspecified atom stereocenters. The Labute approximate surface area is 123 Å². The Morgan fingerprint density at radius 2 is 1.95 bits per heavy atom. The van der Waals surface area contributed by atoms with Gasteiger partial charge in [0, 0.05) is 10.9 Å². The first-order chi connectivity index (χ1) is 9.54. The van der Waals surface area contributed by atoms with Crippen molar-refractivity contribution in [3.8, 4) is 0 Å². The lowest BCUT2D eigenvalue weighted by Gasteiger charge is -2.07. The Kier molecular flexibility index (Phi) is 4.84. The smallest absolute Gasteiger partial charge is 0.224 e. The molecule has 5 heteroatoms. The lowest BCUT2D eigenvalue weighted by Crippen LogP contribution is -2.13. The summed E-state index contributed by atoms with van der Waals surface area (Å²) in [6.07, 6.45) is 0.570. The summed E-state index contributed by atoms with van der Waals surface area (Å²) >= 11 is 3.14. The largest absolute Gasteiger partial charge is 0.324 e. The van der Waals surface area contributed by atoms with Crippen LogP contribution >= 0.6 is 15.9 Å². The Morgan fingerprint density at radius 3 is 2.65 bits per heavy atom. The first-order valence-corrected chi connectivity index (χ1v) is 6.83. The van der Waals surface area contributed by atoms with Gasteiger partial charge in [-0.1, -0.05) is 28.1 Å². The van der Waals surface area contributed by atoms with Crippen LogP contribution in [0.3, 0.4) is 0 Å². The molecule has 0 heterocycles. The van der Waals surface area contributed by atoms with Crippen molar-refractivity contribution in [3.63, 3.8) is 0 Å². The number of hydrogen-bond acceptors (Lipinski definition) is 1. The number of anilines is 1. The molecule has 0 aromatic heterocycles. The van der Waals surface area contributed by atoms with Crippen molar-refractivity contribution in [3.05, 3.63) is 64.1 Å². The number of benzene rings is 2. The summed E-state index contributed by atoms with van der Waals surface area (Å²) < 4.78 is 27.1. The molecule has 0 saturated carbocycles. The molecule has 0 aliphatic heterocycles. The average molecular weight is 340 g/mol. The van der Waals surface area contributed by atoms with E-state index < -0.39 is 5.82 Å². The Balaban J connectivity index is 1.92. The van der Waals surface area contributed by atoms with Crippen LogP contribution in [0.25, 0.3) is 0 Å². The van der Waals surface area contributed by atoms with Crippen LogP contribution in [0.4, 0.5) is 14.5 Å². The fourth-order valence-corrected chi connectivity index (χ4v) is 2.09. The Bertz CT molecular complexity index is 631. The van der Waals surface area contributed by atoms with Gasteiger partial charge in [0.1, 0.15) is 11.6 Å². The molecule has 0 spiro atoms. The van der Waals surface area contributed by atoms with E-state index >= 15 is 0 Å². The molecule has 0 fully saturated rings. The number of rotatable bonds is 4. The summed E-state index contributed by atoms with van der Waals surface area (Å²) in [4.78, 5) is 11.7. The quantitative estimate of drug-likeness (QED) is 0.884. The maximum Gasteiger partial charge on any atom is 0.224 e. The van der Waals surface area contributed by atoms with Crippen LogP contribution in [0.1, 0.15) is 12.0 Å². The molecule has 2 aromatic rings. The van der Waals surface area contributed by atoms with Gasteiger partial charge in [-0.2, -0.15) is 0 Å². The first-order valence-electron chi connectivity index (χ1n) is 6.04. The summed E-state index contributed by atoms with van der Waals surface area (Å²) in [5, 5.41) is 2.49. The highest BCUT2D eigenvalue weighted by Crippen LogP contribution is 2.19. The van der Waals surface area contributed by atoms with Crippen LogP contribution in [0.15, 0.2) is 46.9 Å². The minimum absolute atomic E-state index is 0.137. The van der Waals surface area contributed by atoms with Crippen molar-refractivity contribution >= 4 is 27.5 Å². The Hall–Kier alpha value is -1.75. The van der Waals surface area contributed by atoms with E-state index in [0.29, 0.717) is 10.9 Å². The summed E-state index contributed by atoms with van der Waals surface area (Å²) in [5.41, 5.74) is 0.869. The molecular weight excluding hydrogens is 328 g/mol. The highest BCUT2D eigenvalue weighted by Gasteiger charge is 2.08. The number of halogens is 3. The summed E-state index contributed by atoms with van der Waals surface area (Å²) in [6.45, 7) is 0. The molecule has 2 aromatic carbocycles. The van der Waals surface area contributed by atoms with Crippen LogP contribution < -0.4 is 5.32 Å². The van der Waals surface area contributed by atoms with Crippen LogP contribution in [0, 0.1) is 11.6 Å². The molecule has 1 amide bonds. The predicted molar refractivity (Wildman–Crippen MR) is 77.5 cm³/mol. The summed E-state index contributed by atoms with van der Waals surface area (Å²) in [6, 6.07) is 10.5. The molecule has 20 heavy (non-hydrogen) atoms. The van der Waals surface area contributed by atoms with Gasteiger partial charge in [0.15, 0.2) is 0 Å². The SMILES string of the molecule is O=C(CCc1cccc(F)c1)Nc1ccc(Br)cc1F. The van der Waals surface area contributed by atoms with E-state index in [1.165, 1.54) is 24.3 Å². The zero-order valence-corrected chi connectivity index (χ0v) is 12.1. The molecule has 2 rings (SSSR count). The average Bonchev–Trinajstić information content (AvgIpc) is 2.40. The van der Waals surface area contributed by atoms with Crippen molar-refractivity contribution in [2.45, 2.75) is 12.8 Å². The molecule has 0 bridgehead atoms. The fraction of sp³-hybridized carbons (Fsp3) is 0.133. The molecule has 0 aliphatic rings. The lowest BCUT2D eigenvalue weighted by atomic mass is 10.1.